The minimum Gasteiger partial charge on any atom is -0.404 e. The molecule has 1 rings (SSSR count). The summed E-state index contributed by atoms with van der Waals surface area (Å²) in [4.78, 5) is 13.2. The van der Waals surface area contributed by atoms with E-state index in [0.717, 1.165) is 6.07 Å². The summed E-state index contributed by atoms with van der Waals surface area (Å²) in [6, 6.07) is 0.912. The predicted octanol–water partition coefficient (Wildman–Crippen LogP) is 3.23. The van der Waals surface area contributed by atoms with Gasteiger partial charge in [0.2, 0.25) is 0 Å². The molecule has 0 atom stereocenters. The number of pyridine rings is 1. The summed E-state index contributed by atoms with van der Waals surface area (Å²) in [5, 5.41) is 10.6. The normalized spacial score (nSPS) is 11.4. The van der Waals surface area contributed by atoms with E-state index < -0.39 is 22.9 Å². The summed E-state index contributed by atoms with van der Waals surface area (Å²) < 4.78 is 39.4. The van der Waals surface area contributed by atoms with Crippen molar-refractivity contribution in [1.29, 1.82) is 0 Å². The summed E-state index contributed by atoms with van der Waals surface area (Å²) in [5.41, 5.74) is -0.0713. The van der Waals surface area contributed by atoms with Crippen molar-refractivity contribution in [3.05, 3.63) is 25.4 Å². The molecule has 0 bridgehead atoms. The Labute approximate surface area is 111 Å². The van der Waals surface area contributed by atoms with Gasteiger partial charge in [-0.2, -0.15) is 0 Å². The second kappa shape index (κ2) is 5.21. The van der Waals surface area contributed by atoms with Gasteiger partial charge in [0.05, 0.1) is 5.88 Å². The lowest BCUT2D eigenvalue weighted by Crippen LogP contribution is -2.18. The monoisotopic (exact) mass is 382 g/mol. The minimum atomic E-state index is -4.93. The van der Waals surface area contributed by atoms with Crippen molar-refractivity contribution in [3.8, 4) is 5.75 Å². The molecule has 0 aliphatic heterocycles. The lowest BCUT2D eigenvalue weighted by molar-refractivity contribution is -0.390. The molecule has 0 aromatic carbocycles. The highest BCUT2D eigenvalue weighted by Gasteiger charge is 2.34. The Morgan fingerprint density at radius 2 is 2.18 bits per heavy atom. The molecule has 0 aliphatic rings. The van der Waals surface area contributed by atoms with Crippen LogP contribution in [0.1, 0.15) is 5.69 Å². The van der Waals surface area contributed by atoms with Crippen LogP contribution >= 0.6 is 34.2 Å². The molecule has 1 heterocycles. The Morgan fingerprint density at radius 1 is 1.59 bits per heavy atom. The number of rotatable bonds is 3. The molecule has 0 unspecified atom stereocenters. The molecule has 0 spiro atoms. The molecule has 0 amide bonds. The molecule has 0 fully saturated rings. The number of hydrogen-bond donors (Lipinski definition) is 0. The predicted molar refractivity (Wildman–Crippen MR) is 59.8 cm³/mol. The standard InChI is InChI=1S/C7H3ClF3IN2O3/c8-2-3-1-4(17-7(9,10)11)5(12)6(13-3)14(15)16/h1H,2H2. The summed E-state index contributed by atoms with van der Waals surface area (Å²) in [7, 11) is 0. The lowest BCUT2D eigenvalue weighted by Gasteiger charge is -2.10. The Morgan fingerprint density at radius 3 is 2.59 bits per heavy atom. The fraction of sp³-hybridized carbons (Fsp3) is 0.286. The molecule has 0 saturated heterocycles. The van der Waals surface area contributed by atoms with Crippen LogP contribution < -0.4 is 4.74 Å². The van der Waals surface area contributed by atoms with Gasteiger partial charge in [0.15, 0.2) is 15.0 Å². The third kappa shape index (κ3) is 3.84. The van der Waals surface area contributed by atoms with Gasteiger partial charge in [0, 0.05) is 6.07 Å². The zero-order valence-corrected chi connectivity index (χ0v) is 10.7. The topological polar surface area (TPSA) is 65.3 Å². The maximum Gasteiger partial charge on any atom is 0.573 e. The Kier molecular flexibility index (Phi) is 4.36. The minimum absolute atomic E-state index is 0.0713. The number of hydrogen-bond acceptors (Lipinski definition) is 4. The van der Waals surface area contributed by atoms with Gasteiger partial charge < -0.3 is 14.9 Å². The van der Waals surface area contributed by atoms with Gasteiger partial charge in [-0.1, -0.05) is 0 Å². The van der Waals surface area contributed by atoms with E-state index >= 15 is 0 Å². The van der Waals surface area contributed by atoms with Crippen LogP contribution in [0, 0.1) is 13.7 Å². The fourth-order valence-corrected chi connectivity index (χ4v) is 1.65. The molecule has 0 saturated carbocycles. The van der Waals surface area contributed by atoms with Gasteiger partial charge >= 0.3 is 12.2 Å². The largest absolute Gasteiger partial charge is 0.573 e. The maximum absolute atomic E-state index is 12.0. The first-order chi connectivity index (χ1) is 7.74. The van der Waals surface area contributed by atoms with Crippen LogP contribution in [0.15, 0.2) is 6.07 Å². The van der Waals surface area contributed by atoms with Crippen LogP contribution in [0.2, 0.25) is 0 Å². The van der Waals surface area contributed by atoms with E-state index in [2.05, 4.69) is 9.72 Å². The maximum atomic E-state index is 12.0. The fourth-order valence-electron chi connectivity index (χ4n) is 0.931. The summed E-state index contributed by atoms with van der Waals surface area (Å²) >= 11 is 6.73. The third-order valence-corrected chi connectivity index (χ3v) is 2.78. The number of nitrogens with zero attached hydrogens (tertiary/aromatic N) is 2. The van der Waals surface area contributed by atoms with Crippen molar-refractivity contribution in [3.63, 3.8) is 0 Å². The quantitative estimate of drug-likeness (QED) is 0.348. The number of nitro groups is 1. The summed E-state index contributed by atoms with van der Waals surface area (Å²) in [6.07, 6.45) is -4.93. The third-order valence-electron chi connectivity index (χ3n) is 1.50. The van der Waals surface area contributed by atoms with Crippen LogP contribution in [0.5, 0.6) is 5.75 Å². The zero-order valence-electron chi connectivity index (χ0n) is 7.79. The molecule has 0 aliphatic carbocycles. The van der Waals surface area contributed by atoms with Gasteiger partial charge in [-0.3, -0.25) is 0 Å². The van der Waals surface area contributed by atoms with Gasteiger partial charge in [0.1, 0.15) is 0 Å². The Balaban J connectivity index is 3.29. The highest BCUT2D eigenvalue weighted by Crippen LogP contribution is 2.33. The van der Waals surface area contributed by atoms with E-state index in [-0.39, 0.29) is 15.1 Å². The van der Waals surface area contributed by atoms with Crippen LogP contribution in [0.4, 0.5) is 19.0 Å². The second-order valence-corrected chi connectivity index (χ2v) is 4.03. The van der Waals surface area contributed by atoms with E-state index in [4.69, 9.17) is 11.6 Å². The van der Waals surface area contributed by atoms with E-state index in [9.17, 15) is 23.3 Å². The highest BCUT2D eigenvalue weighted by atomic mass is 127. The molecule has 94 valence electrons. The van der Waals surface area contributed by atoms with Crippen molar-refractivity contribution < 1.29 is 22.8 Å². The molecule has 17 heavy (non-hydrogen) atoms. The van der Waals surface area contributed by atoms with Crippen molar-refractivity contribution in [1.82, 2.24) is 4.98 Å². The first-order valence-electron chi connectivity index (χ1n) is 3.90. The van der Waals surface area contributed by atoms with Crippen molar-refractivity contribution in [2.75, 3.05) is 0 Å². The first-order valence-corrected chi connectivity index (χ1v) is 5.51. The van der Waals surface area contributed by atoms with Crippen molar-refractivity contribution >= 4 is 40.0 Å². The molecule has 5 nitrogen and oxygen atoms in total. The molecule has 1 aromatic heterocycles. The molecule has 10 heteroatoms. The summed E-state index contributed by atoms with van der Waals surface area (Å²) in [6.45, 7) is 0. The second-order valence-electron chi connectivity index (χ2n) is 2.69. The van der Waals surface area contributed by atoms with Crippen LogP contribution in [-0.4, -0.2) is 16.3 Å². The molecule has 1 aromatic rings. The van der Waals surface area contributed by atoms with E-state index in [0.29, 0.717) is 0 Å². The lowest BCUT2D eigenvalue weighted by atomic mass is 10.3. The van der Waals surface area contributed by atoms with Crippen molar-refractivity contribution in [2.45, 2.75) is 12.2 Å². The van der Waals surface area contributed by atoms with Crippen LogP contribution in [0.25, 0.3) is 0 Å². The Hall–Kier alpha value is -0.840. The smallest absolute Gasteiger partial charge is 0.404 e. The molecule has 0 N–H and O–H groups in total. The zero-order chi connectivity index (χ0) is 13.2. The molecule has 0 radical (unpaired) electrons. The number of alkyl halides is 4. The van der Waals surface area contributed by atoms with E-state index in [1.54, 1.807) is 0 Å². The van der Waals surface area contributed by atoms with Gasteiger partial charge in [0.25, 0.3) is 0 Å². The highest BCUT2D eigenvalue weighted by molar-refractivity contribution is 14.1. The van der Waals surface area contributed by atoms with Gasteiger partial charge in [-0.05, 0) is 32.5 Å². The van der Waals surface area contributed by atoms with Gasteiger partial charge in [-0.15, -0.1) is 24.8 Å². The molecular weight excluding hydrogens is 379 g/mol. The average Bonchev–Trinajstić information content (AvgIpc) is 2.18. The van der Waals surface area contributed by atoms with Crippen LogP contribution in [0.3, 0.4) is 0 Å². The van der Waals surface area contributed by atoms with Crippen molar-refractivity contribution in [2.24, 2.45) is 0 Å². The number of aromatic nitrogens is 1. The average molecular weight is 382 g/mol. The van der Waals surface area contributed by atoms with Crippen LogP contribution in [-0.2, 0) is 5.88 Å². The Bertz CT molecular complexity index is 455. The van der Waals surface area contributed by atoms with E-state index in [1.165, 1.54) is 22.6 Å². The first kappa shape index (κ1) is 14.2. The van der Waals surface area contributed by atoms with E-state index in [1.807, 2.05) is 0 Å². The molecular formula is C7H3ClF3IN2O3. The SMILES string of the molecule is O=[N+]([O-])c1nc(CCl)cc(OC(F)(F)F)c1I. The number of ether oxygens (including phenoxy) is 1. The number of halogens is 5. The van der Waals surface area contributed by atoms with Gasteiger partial charge in [-0.25, -0.2) is 0 Å². The summed E-state index contributed by atoms with van der Waals surface area (Å²) in [5.74, 6) is -1.66.